The molecule has 0 aliphatic rings. The summed E-state index contributed by atoms with van der Waals surface area (Å²) >= 11 is 6.72. The van der Waals surface area contributed by atoms with Crippen molar-refractivity contribution in [3.8, 4) is 0 Å². The second-order valence-electron chi connectivity index (χ2n) is 4.50. The van der Waals surface area contributed by atoms with Gasteiger partial charge in [-0.1, -0.05) is 38.8 Å². The third kappa shape index (κ3) is 4.37. The van der Waals surface area contributed by atoms with E-state index in [-0.39, 0.29) is 18.1 Å². The van der Waals surface area contributed by atoms with Crippen LogP contribution in [0.15, 0.2) is 27.1 Å². The predicted molar refractivity (Wildman–Crippen MR) is 79.7 cm³/mol. The van der Waals surface area contributed by atoms with E-state index in [0.717, 1.165) is 15.4 Å². The minimum Gasteiger partial charge on any atom is -0.396 e. The van der Waals surface area contributed by atoms with E-state index in [0.29, 0.717) is 12.0 Å². The quantitative estimate of drug-likeness (QED) is 0.823. The molecule has 1 aromatic carbocycles. The SMILES string of the molecule is CCC(C)(CCO)NC(=O)c1cc(Br)cc(Br)c1. The predicted octanol–water partition coefficient (Wildman–Crippen LogP) is 3.49. The lowest BCUT2D eigenvalue weighted by Gasteiger charge is -2.29. The number of aliphatic hydroxyl groups is 1. The van der Waals surface area contributed by atoms with Gasteiger partial charge in [0.05, 0.1) is 0 Å². The first-order chi connectivity index (χ1) is 8.40. The molecule has 1 unspecified atom stereocenters. The van der Waals surface area contributed by atoms with Gasteiger partial charge in [0.1, 0.15) is 0 Å². The van der Waals surface area contributed by atoms with Crippen LogP contribution in [0.4, 0.5) is 0 Å². The summed E-state index contributed by atoms with van der Waals surface area (Å²) in [5.74, 6) is -0.130. The van der Waals surface area contributed by atoms with E-state index in [1.54, 1.807) is 12.1 Å². The summed E-state index contributed by atoms with van der Waals surface area (Å²) < 4.78 is 1.70. The molecule has 3 nitrogen and oxygen atoms in total. The molecule has 0 saturated carbocycles. The van der Waals surface area contributed by atoms with Gasteiger partial charge >= 0.3 is 0 Å². The minimum atomic E-state index is -0.374. The molecular weight excluding hydrogens is 362 g/mol. The van der Waals surface area contributed by atoms with Crippen molar-refractivity contribution in [2.24, 2.45) is 0 Å². The van der Waals surface area contributed by atoms with Crippen molar-refractivity contribution >= 4 is 37.8 Å². The zero-order valence-corrected chi connectivity index (χ0v) is 13.6. The minimum absolute atomic E-state index is 0.0623. The summed E-state index contributed by atoms with van der Waals surface area (Å²) in [6.07, 6.45) is 1.32. The smallest absolute Gasteiger partial charge is 0.251 e. The van der Waals surface area contributed by atoms with Gasteiger partial charge in [0, 0.05) is 26.7 Å². The van der Waals surface area contributed by atoms with E-state index in [2.05, 4.69) is 37.2 Å². The van der Waals surface area contributed by atoms with Crippen LogP contribution in [0.3, 0.4) is 0 Å². The van der Waals surface area contributed by atoms with Crippen molar-refractivity contribution in [1.82, 2.24) is 5.32 Å². The first-order valence-corrected chi connectivity index (χ1v) is 7.38. The fourth-order valence-corrected chi connectivity index (χ4v) is 2.90. The number of aliphatic hydroxyl groups excluding tert-OH is 1. The normalized spacial score (nSPS) is 14.1. The molecule has 2 N–H and O–H groups in total. The van der Waals surface area contributed by atoms with E-state index in [4.69, 9.17) is 5.11 Å². The van der Waals surface area contributed by atoms with Gasteiger partial charge < -0.3 is 10.4 Å². The molecule has 0 aliphatic carbocycles. The summed E-state index contributed by atoms with van der Waals surface area (Å²) in [5.41, 5.74) is 0.217. The van der Waals surface area contributed by atoms with Crippen LogP contribution in [-0.4, -0.2) is 23.2 Å². The number of carbonyl (C=O) groups is 1. The van der Waals surface area contributed by atoms with E-state index in [9.17, 15) is 4.79 Å². The Balaban J connectivity index is 2.87. The second kappa shape index (κ2) is 6.68. The number of rotatable bonds is 5. The van der Waals surface area contributed by atoms with Crippen molar-refractivity contribution in [3.63, 3.8) is 0 Å². The Morgan fingerprint density at radius 2 is 1.89 bits per heavy atom. The topological polar surface area (TPSA) is 49.3 Å². The number of halogens is 2. The van der Waals surface area contributed by atoms with Crippen molar-refractivity contribution in [3.05, 3.63) is 32.7 Å². The van der Waals surface area contributed by atoms with E-state index in [1.165, 1.54) is 0 Å². The molecule has 1 atom stereocenters. The standard InChI is InChI=1S/C13H17Br2NO2/c1-3-13(2,4-5-17)16-12(18)9-6-10(14)8-11(15)7-9/h6-8,17H,3-5H2,1-2H3,(H,16,18). The summed E-state index contributed by atoms with van der Waals surface area (Å²) in [5, 5.41) is 12.0. The molecule has 0 fully saturated rings. The molecule has 1 amide bonds. The molecule has 5 heteroatoms. The van der Waals surface area contributed by atoms with Gasteiger partial charge in [-0.3, -0.25) is 4.79 Å². The fourth-order valence-electron chi connectivity index (χ4n) is 1.61. The third-order valence-electron chi connectivity index (χ3n) is 2.98. The van der Waals surface area contributed by atoms with Crippen LogP contribution in [0.25, 0.3) is 0 Å². The van der Waals surface area contributed by atoms with Gasteiger partial charge in [-0.2, -0.15) is 0 Å². The Morgan fingerprint density at radius 3 is 2.33 bits per heavy atom. The Bertz CT molecular complexity index is 417. The number of nitrogens with one attached hydrogen (secondary N) is 1. The van der Waals surface area contributed by atoms with Crippen LogP contribution in [0.5, 0.6) is 0 Å². The number of carbonyl (C=O) groups excluding carboxylic acids is 1. The molecule has 0 saturated heterocycles. The Labute approximate surface area is 124 Å². The summed E-state index contributed by atoms with van der Waals surface area (Å²) in [7, 11) is 0. The summed E-state index contributed by atoms with van der Waals surface area (Å²) in [6, 6.07) is 5.42. The lowest BCUT2D eigenvalue weighted by Crippen LogP contribution is -2.46. The lowest BCUT2D eigenvalue weighted by atomic mass is 9.94. The molecule has 18 heavy (non-hydrogen) atoms. The maximum absolute atomic E-state index is 12.2. The monoisotopic (exact) mass is 377 g/mol. The molecule has 0 spiro atoms. The molecule has 100 valence electrons. The zero-order chi connectivity index (χ0) is 13.8. The number of hydrogen-bond donors (Lipinski definition) is 2. The molecule has 0 aliphatic heterocycles. The third-order valence-corrected chi connectivity index (χ3v) is 3.90. The molecule has 1 aromatic rings. The average Bonchev–Trinajstić information content (AvgIpc) is 2.28. The van der Waals surface area contributed by atoms with Gasteiger partial charge in [0.15, 0.2) is 0 Å². The van der Waals surface area contributed by atoms with Gasteiger partial charge in [0.25, 0.3) is 5.91 Å². The van der Waals surface area contributed by atoms with Gasteiger partial charge in [0.2, 0.25) is 0 Å². The van der Waals surface area contributed by atoms with Crippen LogP contribution in [0, 0.1) is 0 Å². The van der Waals surface area contributed by atoms with Crippen molar-refractivity contribution in [2.45, 2.75) is 32.2 Å². The average molecular weight is 379 g/mol. The largest absolute Gasteiger partial charge is 0.396 e. The van der Waals surface area contributed by atoms with Crippen molar-refractivity contribution in [1.29, 1.82) is 0 Å². The fraction of sp³-hybridized carbons (Fsp3) is 0.462. The highest BCUT2D eigenvalue weighted by atomic mass is 79.9. The van der Waals surface area contributed by atoms with E-state index in [1.807, 2.05) is 19.9 Å². The highest BCUT2D eigenvalue weighted by Gasteiger charge is 2.24. The van der Waals surface area contributed by atoms with Crippen LogP contribution in [0.2, 0.25) is 0 Å². The zero-order valence-electron chi connectivity index (χ0n) is 10.5. The van der Waals surface area contributed by atoms with E-state index >= 15 is 0 Å². The number of hydrogen-bond acceptors (Lipinski definition) is 2. The first-order valence-electron chi connectivity index (χ1n) is 5.79. The Hall–Kier alpha value is -0.390. The van der Waals surface area contributed by atoms with Gasteiger partial charge in [-0.05, 0) is 38.0 Å². The van der Waals surface area contributed by atoms with Crippen LogP contribution < -0.4 is 5.32 Å². The molecular formula is C13H17Br2NO2. The van der Waals surface area contributed by atoms with Crippen molar-refractivity contribution in [2.75, 3.05) is 6.61 Å². The molecule has 0 aromatic heterocycles. The van der Waals surface area contributed by atoms with Gasteiger partial charge in [-0.25, -0.2) is 0 Å². The van der Waals surface area contributed by atoms with Crippen LogP contribution in [-0.2, 0) is 0 Å². The summed E-state index contributed by atoms with van der Waals surface area (Å²) in [4.78, 5) is 12.2. The van der Waals surface area contributed by atoms with Gasteiger partial charge in [-0.15, -0.1) is 0 Å². The van der Waals surface area contributed by atoms with Crippen LogP contribution >= 0.6 is 31.9 Å². The number of benzene rings is 1. The molecule has 0 bridgehead atoms. The Kier molecular flexibility index (Phi) is 5.82. The summed E-state index contributed by atoms with van der Waals surface area (Å²) in [6.45, 7) is 3.99. The highest BCUT2D eigenvalue weighted by molar-refractivity contribution is 9.11. The van der Waals surface area contributed by atoms with Crippen LogP contribution in [0.1, 0.15) is 37.0 Å². The second-order valence-corrected chi connectivity index (χ2v) is 6.33. The first kappa shape index (κ1) is 15.7. The molecule has 0 heterocycles. The maximum Gasteiger partial charge on any atom is 0.251 e. The lowest BCUT2D eigenvalue weighted by molar-refractivity contribution is 0.0886. The Morgan fingerprint density at radius 1 is 1.33 bits per heavy atom. The highest BCUT2D eigenvalue weighted by Crippen LogP contribution is 2.21. The molecule has 1 rings (SSSR count). The maximum atomic E-state index is 12.2. The van der Waals surface area contributed by atoms with E-state index < -0.39 is 0 Å². The van der Waals surface area contributed by atoms with Crippen molar-refractivity contribution < 1.29 is 9.90 Å². The molecule has 0 radical (unpaired) electrons. The number of amides is 1.